The van der Waals surface area contributed by atoms with Crippen LogP contribution in [-0.2, 0) is 27.1 Å². The van der Waals surface area contributed by atoms with Crippen molar-refractivity contribution in [2.45, 2.75) is 131 Å². The van der Waals surface area contributed by atoms with Gasteiger partial charge in [-0.15, -0.1) is 0 Å². The lowest BCUT2D eigenvalue weighted by molar-refractivity contribution is 0.568. The zero-order chi connectivity index (χ0) is 72.5. The number of nitrogens with zero attached hydrogens (tertiary/aromatic N) is 3. The van der Waals surface area contributed by atoms with Crippen LogP contribution >= 0.6 is 0 Å². The molecular weight excluding hydrogens is 1290 g/mol. The molecule has 2 aliphatic rings. The van der Waals surface area contributed by atoms with Crippen molar-refractivity contribution in [3.05, 3.63) is 337 Å². The summed E-state index contributed by atoms with van der Waals surface area (Å²) in [4.78, 5) is 5.44. The van der Waals surface area contributed by atoms with Crippen LogP contribution in [0.3, 0.4) is 0 Å². The maximum Gasteiger partial charge on any atom is 0.252 e. The fourth-order valence-corrected chi connectivity index (χ4v) is 26.8. The van der Waals surface area contributed by atoms with Crippen LogP contribution in [0.1, 0.15) is 132 Å². The van der Waals surface area contributed by atoms with Crippen LogP contribution in [0.2, 0.25) is 0 Å². The quantitative estimate of drug-likeness (QED) is 0.0944. The number of anilines is 6. The van der Waals surface area contributed by atoms with Crippen molar-refractivity contribution in [2.24, 2.45) is 0 Å². The second kappa shape index (κ2) is 25.3. The molecule has 0 N–H and O–H groups in total. The summed E-state index contributed by atoms with van der Waals surface area (Å²) in [7, 11) is -6.29. The van der Waals surface area contributed by atoms with Gasteiger partial charge in [0.15, 0.2) is 16.1 Å². The summed E-state index contributed by atoms with van der Waals surface area (Å²) in [6, 6.07) is 121. The van der Waals surface area contributed by atoms with E-state index >= 15 is 0 Å². The van der Waals surface area contributed by atoms with Gasteiger partial charge < -0.3 is 14.4 Å². The SMILES string of the molecule is CC(C)(C)c1cc(N2c3ccc(C(C)(C)C)cc3B3c4ccc([Si](c5ccccc5)(c5ccccc5)c5ccccc5)cc4N(c4cccc([Si](c5ccccc5)(c5ccccc5)c5ccccc5)c4)c4cc(-n5c6ccc(C(C)(C)C)cc6c6cc(C(C)(C)C)ccc65)cc2c43)cc(C(C)(C)C)c1. The molecule has 6 heteroatoms. The Balaban J connectivity index is 1.11. The molecule has 0 radical (unpaired) electrons. The smallest absolute Gasteiger partial charge is 0.252 e. The van der Waals surface area contributed by atoms with E-state index in [9.17, 15) is 0 Å². The molecule has 0 fully saturated rings. The first-order valence-electron chi connectivity index (χ1n) is 37.5. The topological polar surface area (TPSA) is 11.4 Å². The Morgan fingerprint density at radius 2 is 0.587 bits per heavy atom. The molecule has 0 unspecified atom stereocenters. The summed E-state index contributed by atoms with van der Waals surface area (Å²) in [6.45, 7) is 35.3. The van der Waals surface area contributed by atoms with E-state index in [2.05, 4.69) is 428 Å². The normalized spacial score (nSPS) is 13.5. The van der Waals surface area contributed by atoms with Crippen LogP contribution in [0.4, 0.5) is 34.1 Å². The zero-order valence-corrected chi connectivity index (χ0v) is 65.4. The predicted octanol–water partition coefficient (Wildman–Crippen LogP) is 18.1. The zero-order valence-electron chi connectivity index (χ0n) is 63.4. The van der Waals surface area contributed by atoms with E-state index in [1.54, 1.807) is 0 Å². The number of rotatable bonds is 11. The third kappa shape index (κ3) is 11.4. The Morgan fingerprint density at radius 1 is 0.231 bits per heavy atom. The first kappa shape index (κ1) is 68.2. The van der Waals surface area contributed by atoms with Crippen LogP contribution in [-0.4, -0.2) is 27.4 Å². The van der Waals surface area contributed by atoms with E-state index in [1.807, 2.05) is 0 Å². The highest BCUT2D eigenvalue weighted by molar-refractivity contribution is 7.20. The maximum atomic E-state index is 2.74. The van der Waals surface area contributed by atoms with Gasteiger partial charge in [-0.05, 0) is 186 Å². The number of hydrogen-bond acceptors (Lipinski definition) is 2. The highest BCUT2D eigenvalue weighted by atomic mass is 28.3. The van der Waals surface area contributed by atoms with Crippen molar-refractivity contribution >= 4 is 137 Å². The number of fused-ring (bicyclic) bond motifs is 7. The maximum absolute atomic E-state index is 3.17. The van der Waals surface area contributed by atoms with Gasteiger partial charge in [0.05, 0.1) is 16.7 Å². The van der Waals surface area contributed by atoms with Gasteiger partial charge in [0, 0.05) is 44.9 Å². The Bertz CT molecular complexity index is 5280. The molecule has 2 aliphatic heterocycles. The molecule has 0 atom stereocenters. The average Bonchev–Trinajstić information content (AvgIpc) is 0.931. The molecule has 1 aromatic heterocycles. The first-order valence-corrected chi connectivity index (χ1v) is 41.5. The molecule has 0 aliphatic carbocycles. The first-order chi connectivity index (χ1) is 49.7. The highest BCUT2D eigenvalue weighted by Crippen LogP contribution is 2.49. The summed E-state index contributed by atoms with van der Waals surface area (Å²) >= 11 is 0. The van der Waals surface area contributed by atoms with Crippen molar-refractivity contribution in [2.75, 3.05) is 9.80 Å². The van der Waals surface area contributed by atoms with Crippen molar-refractivity contribution in [3.8, 4) is 5.69 Å². The molecule has 3 nitrogen and oxygen atoms in total. The summed E-state index contributed by atoms with van der Waals surface area (Å²) in [5, 5.41) is 13.2. The van der Waals surface area contributed by atoms with Gasteiger partial charge in [0.1, 0.15) is 0 Å². The van der Waals surface area contributed by atoms with E-state index < -0.39 is 16.1 Å². The monoisotopic (exact) mass is 1380 g/mol. The van der Waals surface area contributed by atoms with Crippen molar-refractivity contribution in [1.82, 2.24) is 4.57 Å². The molecule has 16 rings (SSSR count). The molecule has 0 saturated carbocycles. The molecule has 0 saturated heterocycles. The molecule has 514 valence electrons. The Labute approximate surface area is 620 Å². The Hall–Kier alpha value is -10.2. The van der Waals surface area contributed by atoms with E-state index in [4.69, 9.17) is 0 Å². The Kier molecular flexibility index (Phi) is 16.6. The number of hydrogen-bond donors (Lipinski definition) is 0. The lowest BCUT2D eigenvalue weighted by Gasteiger charge is -2.46. The van der Waals surface area contributed by atoms with Crippen LogP contribution in [0.15, 0.2) is 309 Å². The minimum atomic E-state index is -3.17. The Morgan fingerprint density at radius 3 is 0.981 bits per heavy atom. The fraction of sp³-hybridized carbons (Fsp3) is 0.204. The summed E-state index contributed by atoms with van der Waals surface area (Å²) in [5.41, 5.74) is 20.3. The number of aromatic nitrogens is 1. The van der Waals surface area contributed by atoms with E-state index in [1.165, 1.54) is 130 Å². The van der Waals surface area contributed by atoms with E-state index in [0.29, 0.717) is 0 Å². The molecule has 104 heavy (non-hydrogen) atoms. The predicted molar refractivity (Wildman–Crippen MR) is 456 cm³/mol. The molecule has 0 amide bonds. The lowest BCUT2D eigenvalue weighted by atomic mass is 9.33. The van der Waals surface area contributed by atoms with Crippen molar-refractivity contribution in [3.63, 3.8) is 0 Å². The summed E-state index contributed by atoms with van der Waals surface area (Å²) in [5.74, 6) is 0. The van der Waals surface area contributed by atoms with Crippen LogP contribution < -0.4 is 67.7 Å². The van der Waals surface area contributed by atoms with E-state index in [0.717, 1.165) is 17.1 Å². The largest absolute Gasteiger partial charge is 0.311 e. The molecular formula is C98H96BN3Si2. The molecule has 14 aromatic rings. The molecule has 0 bridgehead atoms. The fourth-order valence-electron chi connectivity index (χ4n) is 17.2. The van der Waals surface area contributed by atoms with E-state index in [-0.39, 0.29) is 33.8 Å². The summed E-state index contributed by atoms with van der Waals surface area (Å²) in [6.07, 6.45) is 0. The minimum Gasteiger partial charge on any atom is -0.311 e. The molecule has 3 heterocycles. The van der Waals surface area contributed by atoms with Gasteiger partial charge in [0.25, 0.3) is 6.71 Å². The van der Waals surface area contributed by atoms with Gasteiger partial charge >= 0.3 is 0 Å². The van der Waals surface area contributed by atoms with Crippen molar-refractivity contribution in [1.29, 1.82) is 0 Å². The van der Waals surface area contributed by atoms with Gasteiger partial charge in [-0.3, -0.25) is 0 Å². The lowest BCUT2D eigenvalue weighted by Crippen LogP contribution is -2.75. The second-order valence-electron chi connectivity index (χ2n) is 34.6. The molecule has 0 spiro atoms. The second-order valence-corrected chi connectivity index (χ2v) is 42.2. The van der Waals surface area contributed by atoms with Crippen molar-refractivity contribution < 1.29 is 0 Å². The van der Waals surface area contributed by atoms with Crippen LogP contribution in [0.5, 0.6) is 0 Å². The summed E-state index contributed by atoms with van der Waals surface area (Å²) < 4.78 is 2.62. The van der Waals surface area contributed by atoms with Crippen LogP contribution in [0.25, 0.3) is 27.5 Å². The minimum absolute atomic E-state index is 0.0747. The van der Waals surface area contributed by atoms with Gasteiger partial charge in [-0.2, -0.15) is 0 Å². The van der Waals surface area contributed by atoms with Gasteiger partial charge in [-0.1, -0.05) is 340 Å². The average molecular weight is 1380 g/mol. The highest BCUT2D eigenvalue weighted by Gasteiger charge is 2.49. The number of benzene rings is 13. The third-order valence-corrected chi connectivity index (χ3v) is 32.3. The standard InChI is InChI=1S/C98H96BN3Si2/c1-94(2,3)67-49-54-87-83(60-67)84-61-68(95(4,5)6)50-55-88(84)101(87)74-64-91-93-92(65-74)102(73-58-70(97(10,11)12)57-71(59-73)98(13,14)15)89-56-51-69(96(7,8)9)62-86(89)99(93)85-53-52-82(104(78-42-28-19-29-43-78,79-44-30-20-31-45-79)80-46-32-21-33-47-80)66-90(85)100(91)72-35-34-48-81(63-72)103(75-36-22-16-23-37-75,76-38-24-17-25-39-76)77-40-26-18-27-41-77/h16-66H,1-15H3. The molecule has 13 aromatic carbocycles. The van der Waals surface area contributed by atoms with Crippen LogP contribution in [0, 0.1) is 0 Å². The third-order valence-electron chi connectivity index (χ3n) is 22.8. The van der Waals surface area contributed by atoms with Gasteiger partial charge in [0.2, 0.25) is 0 Å². The van der Waals surface area contributed by atoms with Gasteiger partial charge in [-0.25, -0.2) is 0 Å².